The lowest BCUT2D eigenvalue weighted by Crippen LogP contribution is -2.39. The molecule has 0 fully saturated rings. The van der Waals surface area contributed by atoms with Gasteiger partial charge >= 0.3 is 5.69 Å². The minimum Gasteiger partial charge on any atom is -0.313 e. The van der Waals surface area contributed by atoms with E-state index < -0.39 is 11.2 Å². The average Bonchev–Trinajstić information content (AvgIpc) is 2.64. The summed E-state index contributed by atoms with van der Waals surface area (Å²) in [5.74, 6) is 0.112. The van der Waals surface area contributed by atoms with Crippen LogP contribution in [0.15, 0.2) is 9.59 Å². The summed E-state index contributed by atoms with van der Waals surface area (Å²) in [6.45, 7) is 2.00. The van der Waals surface area contributed by atoms with Crippen molar-refractivity contribution in [2.45, 2.75) is 13.5 Å². The molecule has 2 rings (SSSR count). The first-order valence-electron chi connectivity index (χ1n) is 5.09. The molecule has 2 aromatic rings. The third-order valence-corrected chi connectivity index (χ3v) is 2.78. The second kappa shape index (κ2) is 3.59. The summed E-state index contributed by atoms with van der Waals surface area (Å²) in [7, 11) is 3.12. The molecular weight excluding hydrogens is 222 g/mol. The summed E-state index contributed by atoms with van der Waals surface area (Å²) in [6, 6.07) is 1.88. The smallest absolute Gasteiger partial charge is 0.313 e. The third kappa shape index (κ3) is 1.30. The molecule has 0 aliphatic rings. The predicted octanol–water partition coefficient (Wildman–Crippen LogP) is -0.675. The molecule has 0 saturated heterocycles. The quantitative estimate of drug-likeness (QED) is 0.653. The molecule has 0 aliphatic heterocycles. The van der Waals surface area contributed by atoms with Gasteiger partial charge in [-0.25, -0.2) is 9.78 Å². The van der Waals surface area contributed by atoms with Crippen LogP contribution >= 0.6 is 0 Å². The van der Waals surface area contributed by atoms with Gasteiger partial charge in [-0.1, -0.05) is 0 Å². The van der Waals surface area contributed by atoms with Crippen molar-refractivity contribution >= 4 is 11.2 Å². The lowest BCUT2D eigenvalue weighted by atomic mass is 10.5. The van der Waals surface area contributed by atoms with Crippen LogP contribution in [0.5, 0.6) is 0 Å². The fourth-order valence-electron chi connectivity index (χ4n) is 1.82. The fraction of sp³-hybridized carbons (Fsp3) is 0.400. The van der Waals surface area contributed by atoms with E-state index in [1.54, 1.807) is 14.0 Å². The third-order valence-electron chi connectivity index (χ3n) is 2.78. The van der Waals surface area contributed by atoms with Crippen molar-refractivity contribution in [2.24, 2.45) is 14.1 Å². The van der Waals surface area contributed by atoms with E-state index in [0.29, 0.717) is 0 Å². The standard InChI is InChI=1S/C10H11N5O2/c1-4-15-9(16)7-8(14(3)10(15)17)12-6(5-11)13(7)2/h4H2,1-3H3. The van der Waals surface area contributed by atoms with Gasteiger partial charge in [-0.2, -0.15) is 5.26 Å². The Hall–Kier alpha value is -2.36. The molecular formula is C10H11N5O2. The van der Waals surface area contributed by atoms with E-state index in [1.807, 2.05) is 6.07 Å². The molecule has 0 spiro atoms. The van der Waals surface area contributed by atoms with Crippen LogP contribution in [0.2, 0.25) is 0 Å². The molecule has 88 valence electrons. The number of fused-ring (bicyclic) bond motifs is 1. The van der Waals surface area contributed by atoms with Crippen LogP contribution in [0.25, 0.3) is 11.2 Å². The Balaban J connectivity index is 3.15. The molecule has 2 aromatic heterocycles. The number of rotatable bonds is 1. The first-order valence-corrected chi connectivity index (χ1v) is 5.09. The van der Waals surface area contributed by atoms with Crippen molar-refractivity contribution < 1.29 is 0 Å². The predicted molar refractivity (Wildman–Crippen MR) is 60.6 cm³/mol. The SMILES string of the molecule is CCn1c(=O)c2c(nc(C#N)n2C)n(C)c1=O. The van der Waals surface area contributed by atoms with Crippen LogP contribution in [0.3, 0.4) is 0 Å². The molecule has 0 N–H and O–H groups in total. The lowest BCUT2D eigenvalue weighted by molar-refractivity contribution is 0.635. The Morgan fingerprint density at radius 3 is 2.47 bits per heavy atom. The Morgan fingerprint density at radius 2 is 1.94 bits per heavy atom. The molecule has 7 heteroatoms. The van der Waals surface area contributed by atoms with E-state index in [0.717, 1.165) is 4.57 Å². The van der Waals surface area contributed by atoms with Crippen molar-refractivity contribution in [3.05, 3.63) is 26.7 Å². The largest absolute Gasteiger partial charge is 0.332 e. The van der Waals surface area contributed by atoms with Gasteiger partial charge in [0.1, 0.15) is 6.07 Å². The zero-order valence-corrected chi connectivity index (χ0v) is 9.76. The Labute approximate surface area is 96.2 Å². The van der Waals surface area contributed by atoms with Crippen LogP contribution in [0.4, 0.5) is 0 Å². The number of imidazole rings is 1. The minimum atomic E-state index is -0.424. The van der Waals surface area contributed by atoms with Crippen LogP contribution in [-0.4, -0.2) is 18.7 Å². The van der Waals surface area contributed by atoms with Crippen molar-refractivity contribution in [1.29, 1.82) is 5.26 Å². The number of hydrogen-bond acceptors (Lipinski definition) is 4. The van der Waals surface area contributed by atoms with Gasteiger partial charge in [0.25, 0.3) is 5.56 Å². The van der Waals surface area contributed by atoms with Crippen LogP contribution < -0.4 is 11.2 Å². The van der Waals surface area contributed by atoms with Gasteiger partial charge < -0.3 is 4.57 Å². The summed E-state index contributed by atoms with van der Waals surface area (Å²) >= 11 is 0. The highest BCUT2D eigenvalue weighted by atomic mass is 16.2. The summed E-state index contributed by atoms with van der Waals surface area (Å²) in [4.78, 5) is 27.9. The van der Waals surface area contributed by atoms with E-state index >= 15 is 0 Å². The number of nitriles is 1. The Kier molecular flexibility index (Phi) is 2.35. The number of aromatic nitrogens is 4. The average molecular weight is 233 g/mol. The molecule has 0 saturated carbocycles. The van der Waals surface area contributed by atoms with E-state index in [4.69, 9.17) is 5.26 Å². The van der Waals surface area contributed by atoms with Crippen LogP contribution in [-0.2, 0) is 20.6 Å². The zero-order chi connectivity index (χ0) is 12.7. The van der Waals surface area contributed by atoms with Gasteiger partial charge in [0.15, 0.2) is 11.2 Å². The summed E-state index contributed by atoms with van der Waals surface area (Å²) < 4.78 is 3.80. The van der Waals surface area contributed by atoms with Gasteiger partial charge in [-0.3, -0.25) is 13.9 Å². The first kappa shape index (κ1) is 11.1. The van der Waals surface area contributed by atoms with Gasteiger partial charge in [0.2, 0.25) is 5.82 Å². The van der Waals surface area contributed by atoms with E-state index in [9.17, 15) is 9.59 Å². The molecule has 0 bridgehead atoms. The molecule has 0 aliphatic carbocycles. The topological polar surface area (TPSA) is 85.6 Å². The van der Waals surface area contributed by atoms with Crippen molar-refractivity contribution in [3.63, 3.8) is 0 Å². The maximum atomic E-state index is 12.1. The molecule has 17 heavy (non-hydrogen) atoms. The maximum absolute atomic E-state index is 12.1. The number of hydrogen-bond donors (Lipinski definition) is 0. The van der Waals surface area contributed by atoms with E-state index in [2.05, 4.69) is 4.98 Å². The fourth-order valence-corrected chi connectivity index (χ4v) is 1.82. The normalized spacial score (nSPS) is 10.7. The molecule has 0 unspecified atom stereocenters. The van der Waals surface area contributed by atoms with Crippen LogP contribution in [0.1, 0.15) is 12.7 Å². The van der Waals surface area contributed by atoms with E-state index in [1.165, 1.54) is 16.2 Å². The maximum Gasteiger partial charge on any atom is 0.332 e. The Morgan fingerprint density at radius 1 is 1.29 bits per heavy atom. The van der Waals surface area contributed by atoms with Gasteiger partial charge in [0.05, 0.1) is 0 Å². The summed E-state index contributed by atoms with van der Waals surface area (Å²) in [6.07, 6.45) is 0. The Bertz CT molecular complexity index is 756. The van der Waals surface area contributed by atoms with Gasteiger partial charge in [0, 0.05) is 20.6 Å². The highest BCUT2D eigenvalue weighted by molar-refractivity contribution is 5.71. The minimum absolute atomic E-state index is 0.112. The molecule has 0 atom stereocenters. The molecule has 7 nitrogen and oxygen atoms in total. The highest BCUT2D eigenvalue weighted by Gasteiger charge is 2.17. The second-order valence-electron chi connectivity index (χ2n) is 3.67. The molecule has 0 amide bonds. The number of nitrogens with zero attached hydrogens (tertiary/aromatic N) is 5. The van der Waals surface area contributed by atoms with Crippen LogP contribution in [0, 0.1) is 11.3 Å². The molecule has 0 aromatic carbocycles. The highest BCUT2D eigenvalue weighted by Crippen LogP contribution is 2.07. The summed E-state index contributed by atoms with van der Waals surface area (Å²) in [5.41, 5.74) is -0.330. The zero-order valence-electron chi connectivity index (χ0n) is 9.76. The van der Waals surface area contributed by atoms with Crippen molar-refractivity contribution in [2.75, 3.05) is 0 Å². The van der Waals surface area contributed by atoms with Crippen molar-refractivity contribution in [1.82, 2.24) is 18.7 Å². The van der Waals surface area contributed by atoms with E-state index in [-0.39, 0.29) is 23.5 Å². The monoisotopic (exact) mass is 233 g/mol. The second-order valence-corrected chi connectivity index (χ2v) is 3.67. The number of aryl methyl sites for hydroxylation is 2. The first-order chi connectivity index (χ1) is 8.02. The van der Waals surface area contributed by atoms with Gasteiger partial charge in [-0.05, 0) is 6.92 Å². The molecule has 0 radical (unpaired) electrons. The lowest BCUT2D eigenvalue weighted by Gasteiger charge is -2.05. The van der Waals surface area contributed by atoms with Gasteiger partial charge in [-0.15, -0.1) is 0 Å². The summed E-state index contributed by atoms with van der Waals surface area (Å²) in [5, 5.41) is 8.87. The molecule has 2 heterocycles. The van der Waals surface area contributed by atoms with Crippen molar-refractivity contribution in [3.8, 4) is 6.07 Å².